The number of hydrogen-bond donors (Lipinski definition) is 2. The first kappa shape index (κ1) is 29.5. The molecule has 8 nitrogen and oxygen atoms in total. The van der Waals surface area contributed by atoms with E-state index >= 15 is 0 Å². The molecule has 6 rings (SSSR count). The highest BCUT2D eigenvalue weighted by Crippen LogP contribution is 2.46. The number of amides is 1. The maximum Gasteiger partial charge on any atom is 0.264 e. The van der Waals surface area contributed by atoms with Gasteiger partial charge >= 0.3 is 0 Å². The van der Waals surface area contributed by atoms with E-state index < -0.39 is 26.8 Å². The molecule has 4 aliphatic rings. The van der Waals surface area contributed by atoms with Gasteiger partial charge in [0.1, 0.15) is 10.5 Å². The highest BCUT2D eigenvalue weighted by molar-refractivity contribution is 7.91. The van der Waals surface area contributed by atoms with Crippen molar-refractivity contribution in [1.29, 1.82) is 0 Å². The van der Waals surface area contributed by atoms with Gasteiger partial charge in [-0.2, -0.15) is 0 Å². The second-order valence-corrected chi connectivity index (χ2v) is 15.4. The molecule has 1 amide bonds. The van der Waals surface area contributed by atoms with Crippen LogP contribution < -0.4 is 14.4 Å². The van der Waals surface area contributed by atoms with E-state index in [0.717, 1.165) is 42.8 Å². The van der Waals surface area contributed by atoms with Crippen LogP contribution in [0, 0.1) is 11.8 Å². The summed E-state index contributed by atoms with van der Waals surface area (Å²) >= 11 is 6.38. The summed E-state index contributed by atoms with van der Waals surface area (Å²) in [4.78, 5) is 15.7. The molecule has 2 aromatic carbocycles. The number of nitrogens with zero attached hydrogens (tertiary/aromatic N) is 1. The molecule has 0 unspecified atom stereocenters. The van der Waals surface area contributed by atoms with Crippen molar-refractivity contribution in [3.63, 3.8) is 0 Å². The van der Waals surface area contributed by atoms with E-state index in [4.69, 9.17) is 21.1 Å². The van der Waals surface area contributed by atoms with E-state index in [0.29, 0.717) is 25.4 Å². The van der Waals surface area contributed by atoms with Crippen LogP contribution in [0.1, 0.15) is 60.5 Å². The van der Waals surface area contributed by atoms with E-state index in [1.165, 1.54) is 18.2 Å². The van der Waals surface area contributed by atoms with Crippen LogP contribution in [0.25, 0.3) is 0 Å². The summed E-state index contributed by atoms with van der Waals surface area (Å²) in [6.45, 7) is 3.30. The van der Waals surface area contributed by atoms with Gasteiger partial charge in [-0.1, -0.05) is 29.8 Å². The van der Waals surface area contributed by atoms with Gasteiger partial charge in [0, 0.05) is 36.2 Å². The van der Waals surface area contributed by atoms with Crippen LogP contribution in [-0.4, -0.2) is 63.7 Å². The zero-order valence-corrected chi connectivity index (χ0v) is 25.7. The van der Waals surface area contributed by atoms with Crippen LogP contribution >= 0.6 is 11.6 Å². The lowest BCUT2D eigenvalue weighted by Crippen LogP contribution is -2.49. The maximum absolute atomic E-state index is 13.5. The normalized spacial score (nSPS) is 33.0. The minimum absolute atomic E-state index is 0.0561. The Bertz CT molecular complexity index is 1510. The molecule has 42 heavy (non-hydrogen) atoms. The summed E-state index contributed by atoms with van der Waals surface area (Å²) in [5, 5.41) is 11.9. The van der Waals surface area contributed by atoms with Crippen LogP contribution in [0.4, 0.5) is 5.69 Å². The Hall–Kier alpha value is -2.59. The number of nitrogens with one attached hydrogen (secondary N) is 1. The van der Waals surface area contributed by atoms with E-state index in [-0.39, 0.29) is 35.8 Å². The first-order chi connectivity index (χ1) is 20.0. The number of aliphatic hydroxyl groups is 1. The van der Waals surface area contributed by atoms with Crippen molar-refractivity contribution in [3.05, 3.63) is 70.3 Å². The second kappa shape index (κ2) is 11.2. The number of rotatable bonds is 2. The highest BCUT2D eigenvalue weighted by atomic mass is 35.5. The third-order valence-electron chi connectivity index (χ3n) is 9.88. The van der Waals surface area contributed by atoms with Crippen LogP contribution in [0.15, 0.2) is 48.6 Å². The smallest absolute Gasteiger partial charge is 0.264 e. The third kappa shape index (κ3) is 5.23. The molecule has 2 aliphatic carbocycles. The number of methoxy groups -OCH3 is 1. The quantitative estimate of drug-likeness (QED) is 0.476. The van der Waals surface area contributed by atoms with Crippen molar-refractivity contribution < 1.29 is 27.8 Å². The zero-order chi connectivity index (χ0) is 29.7. The number of ether oxygens (including phenoxy) is 2. The van der Waals surface area contributed by atoms with E-state index in [2.05, 4.69) is 21.8 Å². The number of anilines is 1. The fourth-order valence-corrected chi connectivity index (χ4v) is 8.66. The average Bonchev–Trinajstić information content (AvgIpc) is 3.07. The molecular formula is C32H39ClN2O6S. The summed E-state index contributed by atoms with van der Waals surface area (Å²) in [6.07, 6.45) is 7.63. The van der Waals surface area contributed by atoms with Gasteiger partial charge in [0.15, 0.2) is 0 Å². The number of halogens is 1. The Labute approximate surface area is 253 Å². The molecule has 226 valence electrons. The Morgan fingerprint density at radius 3 is 2.81 bits per heavy atom. The number of allylic oxidation sites excluding steroid dienone is 1. The number of carbonyl (C=O) groups is 1. The number of sulfonamides is 1. The topological polar surface area (TPSA) is 105 Å². The number of hydrogen-bond acceptors (Lipinski definition) is 7. The largest absolute Gasteiger partial charge is 0.490 e. The van der Waals surface area contributed by atoms with Crippen LogP contribution in [0.3, 0.4) is 0 Å². The molecule has 2 heterocycles. The first-order valence-corrected chi connectivity index (χ1v) is 16.6. The molecule has 2 aromatic rings. The Morgan fingerprint density at radius 2 is 2.05 bits per heavy atom. The van der Waals surface area contributed by atoms with Crippen LogP contribution in [-0.2, 0) is 26.6 Å². The SMILES string of the molecule is COC[C@@]1(C)C/C=C\[C@H](O)[C@@H]2CC[C@H]2CN2C[C@@]3(CCCc4cc(Cl)ccc43)COc3ccc(cc32)C(=O)NS1(=O)=O. The summed E-state index contributed by atoms with van der Waals surface area (Å²) in [6, 6.07) is 11.3. The van der Waals surface area contributed by atoms with E-state index in [1.807, 2.05) is 6.07 Å². The lowest BCUT2D eigenvalue weighted by atomic mass is 9.68. The van der Waals surface area contributed by atoms with Gasteiger partial charge in [0.25, 0.3) is 5.91 Å². The van der Waals surface area contributed by atoms with Gasteiger partial charge in [0.05, 0.1) is 25.0 Å². The van der Waals surface area contributed by atoms with Gasteiger partial charge in [-0.05, 0) is 98.7 Å². The fourth-order valence-electron chi connectivity index (χ4n) is 7.26. The molecule has 5 atom stereocenters. The van der Waals surface area contributed by atoms with Crippen molar-refractivity contribution in [2.45, 2.75) is 61.7 Å². The minimum Gasteiger partial charge on any atom is -0.490 e. The van der Waals surface area contributed by atoms with Gasteiger partial charge in [-0.15, -0.1) is 0 Å². The predicted octanol–water partition coefficient (Wildman–Crippen LogP) is 4.62. The van der Waals surface area contributed by atoms with Gasteiger partial charge in [-0.25, -0.2) is 13.1 Å². The molecule has 10 heteroatoms. The number of aliphatic hydroxyl groups excluding tert-OH is 1. The molecule has 0 aromatic heterocycles. The number of aryl methyl sites for hydroxylation is 1. The minimum atomic E-state index is -4.15. The molecule has 2 aliphatic heterocycles. The summed E-state index contributed by atoms with van der Waals surface area (Å²) in [5.74, 6) is 0.257. The lowest BCUT2D eigenvalue weighted by molar-refractivity contribution is 0.0455. The molecule has 1 spiro atoms. The van der Waals surface area contributed by atoms with Gasteiger partial charge in [0.2, 0.25) is 10.0 Å². The highest BCUT2D eigenvalue weighted by Gasteiger charge is 2.45. The van der Waals surface area contributed by atoms with Crippen molar-refractivity contribution >= 4 is 33.2 Å². The van der Waals surface area contributed by atoms with Crippen LogP contribution in [0.5, 0.6) is 5.75 Å². The van der Waals surface area contributed by atoms with Crippen molar-refractivity contribution in [1.82, 2.24) is 4.72 Å². The second-order valence-electron chi connectivity index (χ2n) is 12.7. The van der Waals surface area contributed by atoms with Crippen molar-refractivity contribution in [2.75, 3.05) is 38.3 Å². The number of benzene rings is 2. The Balaban J connectivity index is 1.43. The molecule has 2 bridgehead atoms. The first-order valence-electron chi connectivity index (χ1n) is 14.8. The average molecular weight is 615 g/mol. The lowest BCUT2D eigenvalue weighted by Gasteiger charge is -2.45. The van der Waals surface area contributed by atoms with E-state index in [1.54, 1.807) is 37.3 Å². The van der Waals surface area contributed by atoms with Crippen molar-refractivity contribution in [3.8, 4) is 5.75 Å². The molecule has 0 saturated heterocycles. The standard InChI is InChI=1S/C32H39ClN2O6S/c1-31(19-40-2)13-4-6-28(36)25-10-7-23(25)17-35-18-32(14-3-5-21-15-24(33)9-11-26(21)32)20-41-29-12-8-22(16-27(29)35)30(37)34-42(31,38)39/h4,6,8-9,11-12,15-16,23,25,28,36H,3,5,7,10,13-14,17-20H2,1-2H3,(H,34,37)/b6-4-/t23-,25+,28-,31+,32-/m0/s1. The van der Waals surface area contributed by atoms with Crippen LogP contribution in [0.2, 0.25) is 5.02 Å². The molecule has 2 N–H and O–H groups in total. The van der Waals surface area contributed by atoms with Crippen molar-refractivity contribution in [2.24, 2.45) is 11.8 Å². The zero-order valence-electron chi connectivity index (χ0n) is 24.1. The maximum atomic E-state index is 13.5. The molecule has 1 saturated carbocycles. The summed E-state index contributed by atoms with van der Waals surface area (Å²) in [5.41, 5.74) is 3.23. The summed E-state index contributed by atoms with van der Waals surface area (Å²) < 4.78 is 39.7. The molecule has 1 fully saturated rings. The Morgan fingerprint density at radius 1 is 1.21 bits per heavy atom. The van der Waals surface area contributed by atoms with Gasteiger partial charge in [-0.3, -0.25) is 4.79 Å². The van der Waals surface area contributed by atoms with E-state index in [9.17, 15) is 18.3 Å². The fraction of sp³-hybridized carbons (Fsp3) is 0.531. The van der Waals surface area contributed by atoms with Gasteiger partial charge < -0.3 is 19.5 Å². The number of fused-ring (bicyclic) bond motifs is 4. The Kier molecular flexibility index (Phi) is 7.83. The monoisotopic (exact) mass is 614 g/mol. The summed E-state index contributed by atoms with van der Waals surface area (Å²) in [7, 11) is -2.71. The predicted molar refractivity (Wildman–Crippen MR) is 163 cm³/mol. The number of carbonyl (C=O) groups excluding carboxylic acids is 1. The molecule has 0 radical (unpaired) electrons. The molecular weight excluding hydrogens is 576 g/mol. The third-order valence-corrected chi connectivity index (χ3v) is 12.1.